The highest BCUT2D eigenvalue weighted by Crippen LogP contribution is 2.17. The maximum atomic E-state index is 12.5. The fourth-order valence-corrected chi connectivity index (χ4v) is 3.25. The van der Waals surface area contributed by atoms with Gasteiger partial charge in [-0.25, -0.2) is 14.6 Å². The molecule has 0 heterocycles. The summed E-state index contributed by atoms with van der Waals surface area (Å²) in [5.41, 5.74) is 12.1. The molecule has 0 aliphatic rings. The van der Waals surface area contributed by atoms with Crippen molar-refractivity contribution in [3.63, 3.8) is 0 Å². The number of esters is 1. The first kappa shape index (κ1) is 34.0. The molecule has 14 heteroatoms. The van der Waals surface area contributed by atoms with Gasteiger partial charge in [0.2, 0.25) is 0 Å². The SMILES string of the molecule is CCOCCOCCOCCOCCN(CC(=O)O)C(=O)OCc1ccc(OC(=O)c2ccc(N=C(N)N)cc2)cc1. The van der Waals surface area contributed by atoms with Crippen molar-refractivity contribution >= 4 is 29.7 Å². The molecule has 2 rings (SSSR count). The molecule has 0 spiro atoms. The van der Waals surface area contributed by atoms with Crippen LogP contribution in [0.15, 0.2) is 53.5 Å². The van der Waals surface area contributed by atoms with Crippen LogP contribution in [0.3, 0.4) is 0 Å². The normalized spacial score (nSPS) is 10.6. The largest absolute Gasteiger partial charge is 0.480 e. The summed E-state index contributed by atoms with van der Waals surface area (Å²) in [6.07, 6.45) is -0.805. The standard InChI is InChI=1S/C28H38N4O10/c1-2-37-13-14-39-17-18-40-16-15-38-12-11-32(19-25(33)34)28(36)41-20-21-3-9-24(10-4-21)42-26(35)22-5-7-23(8-6-22)31-27(29)30/h3-10H,2,11-20H2,1H3,(H,33,34)(H4,29,30,31). The molecule has 5 N–H and O–H groups in total. The number of nitrogens with zero attached hydrogens (tertiary/aromatic N) is 2. The molecule has 0 unspecified atom stereocenters. The molecule has 0 aromatic heterocycles. The number of amides is 1. The highest BCUT2D eigenvalue weighted by Gasteiger charge is 2.18. The van der Waals surface area contributed by atoms with Gasteiger partial charge >= 0.3 is 18.0 Å². The molecular formula is C28H38N4O10. The zero-order chi connectivity index (χ0) is 30.6. The highest BCUT2D eigenvalue weighted by atomic mass is 16.6. The molecule has 0 bridgehead atoms. The first-order valence-corrected chi connectivity index (χ1v) is 13.2. The number of aliphatic imine (C=N–C) groups is 1. The minimum Gasteiger partial charge on any atom is -0.480 e. The van der Waals surface area contributed by atoms with Crippen LogP contribution in [0, 0.1) is 0 Å². The zero-order valence-corrected chi connectivity index (χ0v) is 23.6. The third-order valence-electron chi connectivity index (χ3n) is 5.27. The number of carboxylic acids is 1. The van der Waals surface area contributed by atoms with E-state index in [1.807, 2.05) is 6.92 Å². The van der Waals surface area contributed by atoms with Crippen molar-refractivity contribution in [2.75, 3.05) is 65.9 Å². The third-order valence-corrected chi connectivity index (χ3v) is 5.27. The molecule has 0 radical (unpaired) electrons. The van der Waals surface area contributed by atoms with Gasteiger partial charge in [-0.3, -0.25) is 9.69 Å². The Morgan fingerprint density at radius 3 is 1.93 bits per heavy atom. The molecule has 14 nitrogen and oxygen atoms in total. The molecule has 0 aliphatic heterocycles. The Hall–Kier alpha value is -4.24. The minimum absolute atomic E-state index is 0.0213. The second kappa shape index (κ2) is 19.8. The number of aliphatic carboxylic acids is 1. The van der Waals surface area contributed by atoms with Crippen LogP contribution in [-0.2, 0) is 35.1 Å². The lowest BCUT2D eigenvalue weighted by Crippen LogP contribution is -2.38. The fraction of sp³-hybridized carbons (Fsp3) is 0.429. The van der Waals surface area contributed by atoms with Gasteiger partial charge in [0.05, 0.1) is 57.5 Å². The quantitative estimate of drug-likeness (QED) is 0.0667. The Bertz CT molecular complexity index is 1120. The van der Waals surface area contributed by atoms with Crippen LogP contribution in [0.4, 0.5) is 10.5 Å². The summed E-state index contributed by atoms with van der Waals surface area (Å²) in [4.78, 5) is 41.0. The molecule has 0 saturated heterocycles. The van der Waals surface area contributed by atoms with E-state index in [4.69, 9.17) is 45.0 Å². The number of hydrogen-bond donors (Lipinski definition) is 3. The van der Waals surface area contributed by atoms with Crippen molar-refractivity contribution in [2.24, 2.45) is 16.5 Å². The van der Waals surface area contributed by atoms with Crippen LogP contribution < -0.4 is 16.2 Å². The second-order valence-corrected chi connectivity index (χ2v) is 8.52. The molecule has 2 aromatic rings. The first-order chi connectivity index (χ1) is 20.3. The number of ether oxygens (including phenoxy) is 6. The smallest absolute Gasteiger partial charge is 0.410 e. The molecule has 0 atom stereocenters. The Balaban J connectivity index is 1.70. The van der Waals surface area contributed by atoms with E-state index in [2.05, 4.69) is 4.99 Å². The van der Waals surface area contributed by atoms with Crippen molar-refractivity contribution in [2.45, 2.75) is 13.5 Å². The van der Waals surface area contributed by atoms with Crippen molar-refractivity contribution in [3.8, 4) is 5.75 Å². The predicted octanol–water partition coefficient (Wildman–Crippen LogP) is 1.92. The summed E-state index contributed by atoms with van der Waals surface area (Å²) in [6, 6.07) is 12.5. The van der Waals surface area contributed by atoms with Crippen molar-refractivity contribution in [1.82, 2.24) is 4.90 Å². The Labute approximate surface area is 244 Å². The molecule has 230 valence electrons. The van der Waals surface area contributed by atoms with E-state index in [1.165, 1.54) is 12.1 Å². The van der Waals surface area contributed by atoms with Gasteiger partial charge in [-0.15, -0.1) is 0 Å². The van der Waals surface area contributed by atoms with Crippen molar-refractivity contribution in [1.29, 1.82) is 0 Å². The summed E-state index contributed by atoms with van der Waals surface area (Å²) in [5, 5.41) is 9.16. The maximum Gasteiger partial charge on any atom is 0.410 e. The third kappa shape index (κ3) is 14.4. The minimum atomic E-state index is -1.18. The van der Waals surface area contributed by atoms with Gasteiger partial charge in [-0.2, -0.15) is 0 Å². The lowest BCUT2D eigenvalue weighted by Gasteiger charge is -2.20. The monoisotopic (exact) mass is 590 g/mol. The van der Waals surface area contributed by atoms with Crippen LogP contribution in [0.1, 0.15) is 22.8 Å². The van der Waals surface area contributed by atoms with Crippen LogP contribution in [0.25, 0.3) is 0 Å². The average Bonchev–Trinajstić information content (AvgIpc) is 2.96. The zero-order valence-electron chi connectivity index (χ0n) is 23.6. The topological polar surface area (TPSA) is 194 Å². The first-order valence-electron chi connectivity index (χ1n) is 13.2. The summed E-state index contributed by atoms with van der Waals surface area (Å²) in [6.45, 7) is 4.53. The van der Waals surface area contributed by atoms with Gasteiger partial charge < -0.3 is 45.0 Å². The van der Waals surface area contributed by atoms with E-state index in [0.29, 0.717) is 56.5 Å². The number of hydrogen-bond acceptors (Lipinski definition) is 10. The van der Waals surface area contributed by atoms with Gasteiger partial charge in [0.15, 0.2) is 5.96 Å². The summed E-state index contributed by atoms with van der Waals surface area (Å²) in [5.74, 6) is -1.57. The summed E-state index contributed by atoms with van der Waals surface area (Å²) < 4.78 is 31.9. The van der Waals surface area contributed by atoms with E-state index in [9.17, 15) is 14.4 Å². The van der Waals surface area contributed by atoms with Crippen LogP contribution in [0.5, 0.6) is 5.75 Å². The Morgan fingerprint density at radius 2 is 1.38 bits per heavy atom. The molecule has 1 amide bonds. The molecule has 42 heavy (non-hydrogen) atoms. The number of benzene rings is 2. The van der Waals surface area contributed by atoms with Gasteiger partial charge in [-0.05, 0) is 48.9 Å². The number of rotatable bonds is 20. The van der Waals surface area contributed by atoms with Gasteiger partial charge in [0.25, 0.3) is 0 Å². The van der Waals surface area contributed by atoms with E-state index < -0.39 is 24.6 Å². The number of carbonyl (C=O) groups is 3. The van der Waals surface area contributed by atoms with Gasteiger partial charge in [0, 0.05) is 13.2 Å². The lowest BCUT2D eigenvalue weighted by molar-refractivity contribution is -0.138. The number of carbonyl (C=O) groups excluding carboxylic acids is 2. The lowest BCUT2D eigenvalue weighted by atomic mass is 10.2. The molecule has 0 aliphatic carbocycles. The maximum absolute atomic E-state index is 12.5. The predicted molar refractivity (Wildman–Crippen MR) is 152 cm³/mol. The summed E-state index contributed by atoms with van der Waals surface area (Å²) >= 11 is 0. The van der Waals surface area contributed by atoms with Gasteiger partial charge in [-0.1, -0.05) is 12.1 Å². The number of nitrogens with two attached hydrogens (primary N) is 2. The molecule has 0 saturated carbocycles. The van der Waals surface area contributed by atoms with Crippen molar-refractivity contribution in [3.05, 3.63) is 59.7 Å². The number of guanidine groups is 1. The summed E-state index contributed by atoms with van der Waals surface area (Å²) in [7, 11) is 0. The molecule has 0 fully saturated rings. The highest BCUT2D eigenvalue weighted by molar-refractivity contribution is 5.91. The average molecular weight is 591 g/mol. The van der Waals surface area contributed by atoms with E-state index in [1.54, 1.807) is 36.4 Å². The van der Waals surface area contributed by atoms with Crippen LogP contribution in [-0.4, -0.2) is 99.9 Å². The van der Waals surface area contributed by atoms with Gasteiger partial charge in [0.1, 0.15) is 18.9 Å². The van der Waals surface area contributed by atoms with Crippen molar-refractivity contribution < 1.29 is 47.9 Å². The number of carboxylic acid groups (broad SMARTS) is 1. The second-order valence-electron chi connectivity index (χ2n) is 8.52. The van der Waals surface area contributed by atoms with E-state index in [0.717, 1.165) is 4.90 Å². The molecule has 2 aromatic carbocycles. The van der Waals surface area contributed by atoms with Crippen LogP contribution in [0.2, 0.25) is 0 Å². The van der Waals surface area contributed by atoms with Crippen LogP contribution >= 0.6 is 0 Å². The fourth-order valence-electron chi connectivity index (χ4n) is 3.25. The Morgan fingerprint density at radius 1 is 0.810 bits per heavy atom. The Kier molecular flexibility index (Phi) is 16.0. The van der Waals surface area contributed by atoms with E-state index in [-0.39, 0.29) is 38.1 Å². The molecular weight excluding hydrogens is 552 g/mol. The van der Waals surface area contributed by atoms with E-state index >= 15 is 0 Å².